The van der Waals surface area contributed by atoms with Gasteiger partial charge < -0.3 is 10.2 Å². The average Bonchev–Trinajstić information content (AvgIpc) is 2.92. The van der Waals surface area contributed by atoms with E-state index in [4.69, 9.17) is 23.2 Å². The van der Waals surface area contributed by atoms with E-state index < -0.39 is 0 Å². The zero-order chi connectivity index (χ0) is 18.7. The van der Waals surface area contributed by atoms with Gasteiger partial charge in [-0.15, -0.1) is 0 Å². The Morgan fingerprint density at radius 3 is 2.73 bits per heavy atom. The summed E-state index contributed by atoms with van der Waals surface area (Å²) < 4.78 is 0. The molecule has 26 heavy (non-hydrogen) atoms. The van der Waals surface area contributed by atoms with Gasteiger partial charge in [0, 0.05) is 28.3 Å². The topological polar surface area (TPSA) is 49.4 Å². The second kappa shape index (κ2) is 8.11. The van der Waals surface area contributed by atoms with Gasteiger partial charge in [0.05, 0.1) is 0 Å². The summed E-state index contributed by atoms with van der Waals surface area (Å²) >= 11 is 12.0. The first-order chi connectivity index (χ1) is 12.5. The molecule has 0 spiro atoms. The number of halogens is 2. The minimum Gasteiger partial charge on any atom is -0.355 e. The Kier molecular flexibility index (Phi) is 5.84. The van der Waals surface area contributed by atoms with E-state index in [1.54, 1.807) is 17.0 Å². The quantitative estimate of drug-likeness (QED) is 0.783. The Bertz CT molecular complexity index is 838. The molecule has 1 aliphatic rings. The van der Waals surface area contributed by atoms with Crippen LogP contribution in [0.5, 0.6) is 0 Å². The van der Waals surface area contributed by atoms with E-state index in [2.05, 4.69) is 5.32 Å². The molecule has 1 atom stereocenters. The number of nitrogens with one attached hydrogen (secondary N) is 1. The van der Waals surface area contributed by atoms with Crippen molar-refractivity contribution in [2.45, 2.75) is 32.2 Å². The lowest BCUT2D eigenvalue weighted by atomic mass is 10.1. The Balaban J connectivity index is 1.53. The molecule has 0 fully saturated rings. The molecule has 1 aliphatic heterocycles. The van der Waals surface area contributed by atoms with Crippen LogP contribution in [-0.2, 0) is 22.4 Å². The van der Waals surface area contributed by atoms with E-state index in [0.29, 0.717) is 23.0 Å². The van der Waals surface area contributed by atoms with E-state index in [-0.39, 0.29) is 24.3 Å². The maximum atomic E-state index is 12.6. The monoisotopic (exact) mass is 390 g/mol. The average molecular weight is 391 g/mol. The molecular weight excluding hydrogens is 371 g/mol. The predicted octanol–water partition coefficient (Wildman–Crippen LogP) is 4.02. The highest BCUT2D eigenvalue weighted by Gasteiger charge is 2.31. The number of para-hydroxylation sites is 1. The normalized spacial score (nSPS) is 15.7. The summed E-state index contributed by atoms with van der Waals surface area (Å²) in [7, 11) is 0. The third-order valence-corrected chi connectivity index (χ3v) is 5.11. The minimum absolute atomic E-state index is 0.0700. The van der Waals surface area contributed by atoms with E-state index in [1.807, 2.05) is 37.3 Å². The Morgan fingerprint density at radius 2 is 1.96 bits per heavy atom. The third kappa shape index (κ3) is 4.19. The Hall–Kier alpha value is -2.04. The number of hydrogen-bond donors (Lipinski definition) is 1. The van der Waals surface area contributed by atoms with Crippen LogP contribution in [0, 0.1) is 0 Å². The number of hydrogen-bond acceptors (Lipinski definition) is 2. The Morgan fingerprint density at radius 1 is 1.19 bits per heavy atom. The highest BCUT2D eigenvalue weighted by molar-refractivity contribution is 6.35. The van der Waals surface area contributed by atoms with Gasteiger partial charge in [-0.05, 0) is 49.1 Å². The Labute approximate surface area is 163 Å². The van der Waals surface area contributed by atoms with Crippen LogP contribution in [0.25, 0.3) is 0 Å². The van der Waals surface area contributed by atoms with Crippen molar-refractivity contribution in [3.8, 4) is 0 Å². The molecule has 2 aromatic carbocycles. The lowest BCUT2D eigenvalue weighted by molar-refractivity contribution is -0.128. The molecule has 0 radical (unpaired) electrons. The molecule has 0 aliphatic carbocycles. The molecule has 2 aromatic rings. The van der Waals surface area contributed by atoms with Crippen LogP contribution in [0.15, 0.2) is 42.5 Å². The molecule has 0 bridgehead atoms. The lowest BCUT2D eigenvalue weighted by Gasteiger charge is -2.22. The first kappa shape index (κ1) is 18.7. The second-order valence-corrected chi connectivity index (χ2v) is 7.30. The number of amides is 2. The molecular formula is C20H20Cl2N2O2. The van der Waals surface area contributed by atoms with Gasteiger partial charge in [0.1, 0.15) is 6.42 Å². The molecule has 2 amide bonds. The van der Waals surface area contributed by atoms with Gasteiger partial charge in [-0.1, -0.05) is 47.5 Å². The van der Waals surface area contributed by atoms with Crippen molar-refractivity contribution in [2.24, 2.45) is 0 Å². The molecule has 136 valence electrons. The zero-order valence-corrected chi connectivity index (χ0v) is 16.0. The first-order valence-electron chi connectivity index (χ1n) is 8.56. The van der Waals surface area contributed by atoms with E-state index in [9.17, 15) is 9.59 Å². The maximum absolute atomic E-state index is 12.6. The number of carbonyl (C=O) groups is 2. The zero-order valence-electron chi connectivity index (χ0n) is 14.5. The highest BCUT2D eigenvalue weighted by atomic mass is 35.5. The van der Waals surface area contributed by atoms with Crippen LogP contribution in [0.4, 0.5) is 5.69 Å². The fourth-order valence-corrected chi connectivity index (χ4v) is 3.79. The highest BCUT2D eigenvalue weighted by Crippen LogP contribution is 2.32. The molecule has 4 nitrogen and oxygen atoms in total. The maximum Gasteiger partial charge on any atom is 0.236 e. The van der Waals surface area contributed by atoms with Crippen LogP contribution in [0.2, 0.25) is 10.0 Å². The van der Waals surface area contributed by atoms with E-state index in [0.717, 1.165) is 23.2 Å². The van der Waals surface area contributed by atoms with E-state index >= 15 is 0 Å². The SMILES string of the molecule is CC1Cc2ccccc2N1C(=O)CC(=O)NCCc1ccc(Cl)cc1Cl. The largest absolute Gasteiger partial charge is 0.355 e. The summed E-state index contributed by atoms with van der Waals surface area (Å²) in [4.78, 5) is 26.5. The van der Waals surface area contributed by atoms with Gasteiger partial charge >= 0.3 is 0 Å². The molecule has 0 saturated carbocycles. The number of carbonyl (C=O) groups excluding carboxylic acids is 2. The molecule has 1 heterocycles. The molecule has 0 saturated heterocycles. The van der Waals surface area contributed by atoms with Crippen molar-refractivity contribution in [3.05, 3.63) is 63.6 Å². The van der Waals surface area contributed by atoms with Crippen molar-refractivity contribution < 1.29 is 9.59 Å². The number of nitrogens with zero attached hydrogens (tertiary/aromatic N) is 1. The third-order valence-electron chi connectivity index (χ3n) is 4.52. The van der Waals surface area contributed by atoms with Crippen molar-refractivity contribution in [2.75, 3.05) is 11.4 Å². The first-order valence-corrected chi connectivity index (χ1v) is 9.32. The van der Waals surface area contributed by atoms with Gasteiger partial charge in [0.25, 0.3) is 0 Å². The van der Waals surface area contributed by atoms with Gasteiger partial charge in [-0.3, -0.25) is 9.59 Å². The number of benzene rings is 2. The molecule has 0 aromatic heterocycles. The van der Waals surface area contributed by atoms with Crippen molar-refractivity contribution >= 4 is 40.7 Å². The minimum atomic E-state index is -0.281. The fourth-order valence-electron chi connectivity index (χ4n) is 3.29. The molecule has 1 unspecified atom stereocenters. The predicted molar refractivity (Wildman–Crippen MR) is 105 cm³/mol. The van der Waals surface area contributed by atoms with Crippen LogP contribution in [0.3, 0.4) is 0 Å². The van der Waals surface area contributed by atoms with Gasteiger partial charge in [0.15, 0.2) is 0 Å². The summed E-state index contributed by atoms with van der Waals surface area (Å²) in [6.45, 7) is 2.41. The van der Waals surface area contributed by atoms with Gasteiger partial charge in [-0.25, -0.2) is 0 Å². The fraction of sp³-hybridized carbons (Fsp3) is 0.300. The summed E-state index contributed by atoms with van der Waals surface area (Å²) in [5.41, 5.74) is 2.96. The second-order valence-electron chi connectivity index (χ2n) is 6.46. The number of rotatable bonds is 5. The van der Waals surface area contributed by atoms with E-state index in [1.165, 1.54) is 0 Å². The standard InChI is InChI=1S/C20H20Cl2N2O2/c1-13-10-15-4-2-3-5-18(15)24(13)20(26)12-19(25)23-9-8-14-6-7-16(21)11-17(14)22/h2-7,11,13H,8-10,12H2,1H3,(H,23,25). The summed E-state index contributed by atoms with van der Waals surface area (Å²) in [6, 6.07) is 13.2. The summed E-state index contributed by atoms with van der Waals surface area (Å²) in [5.74, 6) is -0.457. The summed E-state index contributed by atoms with van der Waals surface area (Å²) in [5, 5.41) is 3.94. The van der Waals surface area contributed by atoms with Crippen LogP contribution in [0.1, 0.15) is 24.5 Å². The molecule has 1 N–H and O–H groups in total. The van der Waals surface area contributed by atoms with Crippen molar-refractivity contribution in [1.82, 2.24) is 5.32 Å². The van der Waals surface area contributed by atoms with Crippen LogP contribution in [-0.4, -0.2) is 24.4 Å². The van der Waals surface area contributed by atoms with Crippen LogP contribution < -0.4 is 10.2 Å². The van der Waals surface area contributed by atoms with Crippen molar-refractivity contribution in [1.29, 1.82) is 0 Å². The van der Waals surface area contributed by atoms with Gasteiger partial charge in [0.2, 0.25) is 11.8 Å². The number of anilines is 1. The molecule has 6 heteroatoms. The van der Waals surface area contributed by atoms with Crippen LogP contribution >= 0.6 is 23.2 Å². The molecule has 3 rings (SSSR count). The number of fused-ring (bicyclic) bond motifs is 1. The van der Waals surface area contributed by atoms with Gasteiger partial charge in [-0.2, -0.15) is 0 Å². The van der Waals surface area contributed by atoms with Crippen molar-refractivity contribution in [3.63, 3.8) is 0 Å². The smallest absolute Gasteiger partial charge is 0.236 e. The lowest BCUT2D eigenvalue weighted by Crippen LogP contribution is -2.39. The summed E-state index contributed by atoms with van der Waals surface area (Å²) in [6.07, 6.45) is 1.24.